The van der Waals surface area contributed by atoms with Crippen molar-refractivity contribution >= 4 is 44.0 Å². The van der Waals surface area contributed by atoms with Gasteiger partial charge in [0.1, 0.15) is 28.5 Å². The van der Waals surface area contributed by atoms with Crippen LogP contribution in [0.5, 0.6) is 11.5 Å². The summed E-state index contributed by atoms with van der Waals surface area (Å²) in [5, 5.41) is 15.6. The molecule has 2 aromatic heterocycles. The predicted octanol–water partition coefficient (Wildman–Crippen LogP) is 8.46. The number of hydrogen-bond acceptors (Lipinski definition) is 11. The van der Waals surface area contributed by atoms with E-state index in [2.05, 4.69) is 61.0 Å². The van der Waals surface area contributed by atoms with Gasteiger partial charge >= 0.3 is 0 Å². The summed E-state index contributed by atoms with van der Waals surface area (Å²) in [5.74, 6) is -0.506. The van der Waals surface area contributed by atoms with Crippen LogP contribution in [-0.4, -0.2) is 85.2 Å². The third-order valence-corrected chi connectivity index (χ3v) is 14.9. The number of benzene rings is 3. The lowest BCUT2D eigenvalue weighted by atomic mass is 9.59. The smallest absolute Gasteiger partial charge is 0.293 e. The van der Waals surface area contributed by atoms with Crippen LogP contribution in [0.4, 0.5) is 21.5 Å². The van der Waals surface area contributed by atoms with Gasteiger partial charge in [0.05, 0.1) is 21.6 Å². The van der Waals surface area contributed by atoms with Gasteiger partial charge in [-0.15, -0.1) is 0 Å². The van der Waals surface area contributed by atoms with Gasteiger partial charge in [0, 0.05) is 87.2 Å². The van der Waals surface area contributed by atoms with Crippen LogP contribution in [0.25, 0.3) is 11.0 Å². The molecule has 5 aromatic rings. The number of ether oxygens (including phenoxy) is 2. The van der Waals surface area contributed by atoms with E-state index in [0.29, 0.717) is 28.9 Å². The molecule has 3 aliphatic heterocycles. The third-order valence-electron chi connectivity index (χ3n) is 13.6. The number of likely N-dealkylation sites (tertiary alicyclic amines) is 1. The SMILES string of the molecule is CCc1ccccc1C1CCCN1C1CC2(CCN(c3ccc(C(=O)NS(=O)(=O)c4ccc(NCC5(F)CCOCC5)c([N+](=O)[O-])c4)c(Oc4cnc5[nH]ccc5c4)c3)CC2)C1. The summed E-state index contributed by atoms with van der Waals surface area (Å²) in [7, 11) is -4.62. The van der Waals surface area contributed by atoms with E-state index in [1.807, 2.05) is 6.07 Å². The molecular formula is C46H52FN7O7S. The summed E-state index contributed by atoms with van der Waals surface area (Å²) in [6.45, 7) is 5.31. The number of anilines is 2. The fourth-order valence-corrected chi connectivity index (χ4v) is 11.0. The molecule has 4 fully saturated rings. The number of nitro benzene ring substituents is 1. The molecule has 3 saturated heterocycles. The zero-order valence-corrected chi connectivity index (χ0v) is 35.6. The number of aromatic amines is 1. The van der Waals surface area contributed by atoms with E-state index in [1.165, 1.54) is 49.1 Å². The van der Waals surface area contributed by atoms with Crippen molar-refractivity contribution in [3.8, 4) is 11.5 Å². The monoisotopic (exact) mass is 865 g/mol. The second-order valence-corrected chi connectivity index (χ2v) is 19.0. The molecule has 0 radical (unpaired) electrons. The van der Waals surface area contributed by atoms with E-state index in [1.54, 1.807) is 30.5 Å². The number of alkyl halides is 1. The summed E-state index contributed by atoms with van der Waals surface area (Å²) >= 11 is 0. The van der Waals surface area contributed by atoms with Crippen molar-refractivity contribution in [2.45, 2.75) is 87.4 Å². The standard InChI is InChI=1S/C46H52FN7O7S/c1-2-31-6-3-4-7-37(31)40-8-5-19-53(40)34-27-45(28-34)14-20-52(21-15-45)33-9-11-38(42(25-33)61-35-24-32-13-18-48-43(32)49-29-35)44(55)51-62(58,59)36-10-12-39(41(26-36)54(56)57)50-30-46(47)16-22-60-23-17-46/h3-4,6-7,9-13,18,24-26,29,34,40,50H,2,5,8,14-17,19-23,27-28,30H2,1H3,(H,48,49)(H,51,55). The Bertz CT molecular complexity index is 2580. The van der Waals surface area contributed by atoms with Gasteiger partial charge in [0.25, 0.3) is 21.6 Å². The fourth-order valence-electron chi connectivity index (χ4n) is 10.0. The highest BCUT2D eigenvalue weighted by atomic mass is 32.2. The van der Waals surface area contributed by atoms with Gasteiger partial charge in [-0.25, -0.2) is 22.5 Å². The van der Waals surface area contributed by atoms with E-state index in [4.69, 9.17) is 9.47 Å². The number of rotatable bonds is 13. The molecule has 9 rings (SSSR count). The van der Waals surface area contributed by atoms with Crippen LogP contribution in [0.3, 0.4) is 0 Å². The second-order valence-electron chi connectivity index (χ2n) is 17.4. The van der Waals surface area contributed by atoms with Crippen molar-refractivity contribution < 1.29 is 32.0 Å². The van der Waals surface area contributed by atoms with Gasteiger partial charge in [-0.05, 0) is 104 Å². The highest BCUT2D eigenvalue weighted by molar-refractivity contribution is 7.90. The van der Waals surface area contributed by atoms with Crippen LogP contribution in [-0.2, 0) is 21.2 Å². The average molecular weight is 866 g/mol. The molecule has 1 spiro atoms. The van der Waals surface area contributed by atoms with Gasteiger partial charge in [0.15, 0.2) is 0 Å². The third kappa shape index (κ3) is 8.47. The van der Waals surface area contributed by atoms with Crippen molar-refractivity contribution in [2.75, 3.05) is 49.6 Å². The number of aromatic nitrogens is 2. The van der Waals surface area contributed by atoms with Gasteiger partial charge in [0.2, 0.25) is 0 Å². The number of hydrogen-bond donors (Lipinski definition) is 3. The first-order valence-electron chi connectivity index (χ1n) is 21.6. The molecule has 14 nitrogen and oxygen atoms in total. The molecule has 3 aromatic carbocycles. The number of nitrogens with zero attached hydrogens (tertiary/aromatic N) is 4. The Morgan fingerprint density at radius 2 is 1.82 bits per heavy atom. The van der Waals surface area contributed by atoms with Crippen LogP contribution < -0.4 is 19.7 Å². The number of amides is 1. The number of pyridine rings is 1. The number of aryl methyl sites for hydroxylation is 1. The fraction of sp³-hybridized carbons (Fsp3) is 0.435. The van der Waals surface area contributed by atoms with Crippen molar-refractivity contribution in [1.29, 1.82) is 0 Å². The normalized spacial score (nSPS) is 20.2. The summed E-state index contributed by atoms with van der Waals surface area (Å²) < 4.78 is 56.2. The second kappa shape index (κ2) is 16.9. The predicted molar refractivity (Wildman–Crippen MR) is 234 cm³/mol. The maximum Gasteiger partial charge on any atom is 0.293 e. The number of carbonyl (C=O) groups is 1. The first kappa shape index (κ1) is 41.8. The number of nitro groups is 1. The Morgan fingerprint density at radius 3 is 2.60 bits per heavy atom. The van der Waals surface area contributed by atoms with Crippen LogP contribution >= 0.6 is 0 Å². The summed E-state index contributed by atoms with van der Waals surface area (Å²) in [6, 6.07) is 21.9. The Kier molecular flexibility index (Phi) is 11.4. The molecular weight excluding hydrogens is 814 g/mol. The Hall–Kier alpha value is -5.58. The van der Waals surface area contributed by atoms with Crippen LogP contribution in [0.1, 0.15) is 85.8 Å². The van der Waals surface area contributed by atoms with Gasteiger partial charge < -0.3 is 24.7 Å². The topological polar surface area (TPSA) is 172 Å². The Balaban J connectivity index is 0.907. The number of halogens is 1. The zero-order valence-electron chi connectivity index (χ0n) is 34.8. The van der Waals surface area contributed by atoms with Crippen LogP contribution in [0.2, 0.25) is 0 Å². The number of H-pyrrole nitrogens is 1. The number of fused-ring (bicyclic) bond motifs is 1. The molecule has 62 heavy (non-hydrogen) atoms. The molecule has 4 aliphatic rings. The molecule has 16 heteroatoms. The number of sulfonamides is 1. The van der Waals surface area contributed by atoms with Gasteiger partial charge in [-0.2, -0.15) is 0 Å². The number of carbonyl (C=O) groups excluding carboxylic acids is 1. The minimum atomic E-state index is -4.62. The van der Waals surface area contributed by atoms with Crippen molar-refractivity contribution in [3.63, 3.8) is 0 Å². The maximum atomic E-state index is 15.2. The van der Waals surface area contributed by atoms with E-state index < -0.39 is 37.1 Å². The largest absolute Gasteiger partial charge is 0.455 e. The Labute approximate surface area is 360 Å². The van der Waals surface area contributed by atoms with Gasteiger partial charge in [-0.3, -0.25) is 19.8 Å². The molecule has 3 N–H and O–H groups in total. The van der Waals surface area contributed by atoms with Crippen LogP contribution in [0.15, 0.2) is 90.1 Å². The molecule has 1 amide bonds. The van der Waals surface area contributed by atoms with Gasteiger partial charge in [-0.1, -0.05) is 31.2 Å². The van der Waals surface area contributed by atoms with Crippen molar-refractivity contribution in [1.82, 2.24) is 19.6 Å². The number of piperidine rings is 1. The summed E-state index contributed by atoms with van der Waals surface area (Å²) in [4.78, 5) is 37.2. The average Bonchev–Trinajstić information content (AvgIpc) is 3.95. The van der Waals surface area contributed by atoms with Crippen LogP contribution in [0, 0.1) is 15.5 Å². The molecule has 1 unspecified atom stereocenters. The Morgan fingerprint density at radius 1 is 1.03 bits per heavy atom. The lowest BCUT2D eigenvalue weighted by Gasteiger charge is -2.56. The van der Waals surface area contributed by atoms with Crippen molar-refractivity contribution in [2.24, 2.45) is 5.41 Å². The van der Waals surface area contributed by atoms with E-state index >= 15 is 4.39 Å². The zero-order chi connectivity index (χ0) is 43.1. The molecule has 0 bridgehead atoms. The van der Waals surface area contributed by atoms with Crippen molar-refractivity contribution in [3.05, 3.63) is 112 Å². The maximum absolute atomic E-state index is 15.2. The minimum absolute atomic E-state index is 0.0439. The van der Waals surface area contributed by atoms with E-state index in [9.17, 15) is 23.3 Å². The lowest BCUT2D eigenvalue weighted by molar-refractivity contribution is -0.384. The first-order chi connectivity index (χ1) is 29.9. The van der Waals surface area contributed by atoms with E-state index in [0.717, 1.165) is 62.1 Å². The highest BCUT2D eigenvalue weighted by Crippen LogP contribution is 2.54. The molecule has 1 aliphatic carbocycles. The molecule has 5 heterocycles. The highest BCUT2D eigenvalue weighted by Gasteiger charge is 2.50. The summed E-state index contributed by atoms with van der Waals surface area (Å²) in [5.41, 5.74) is 2.44. The first-order valence-corrected chi connectivity index (χ1v) is 23.1. The minimum Gasteiger partial charge on any atom is -0.455 e. The quantitative estimate of drug-likeness (QED) is 0.0766. The van der Waals surface area contributed by atoms with E-state index in [-0.39, 0.29) is 49.6 Å². The summed E-state index contributed by atoms with van der Waals surface area (Å²) in [6.07, 6.45) is 11.5. The molecule has 326 valence electrons. The number of nitrogens with one attached hydrogen (secondary N) is 3. The lowest BCUT2D eigenvalue weighted by Crippen LogP contribution is -2.54. The molecule has 1 saturated carbocycles. The molecule has 1 atom stereocenters.